The molecule has 0 saturated carbocycles. The lowest BCUT2D eigenvalue weighted by atomic mass is 10.2. The molecule has 0 aliphatic rings. The van der Waals surface area contributed by atoms with E-state index in [-0.39, 0.29) is 0 Å². The summed E-state index contributed by atoms with van der Waals surface area (Å²) in [6.07, 6.45) is 0.741. The molecule has 0 bridgehead atoms. The Labute approximate surface area is 142 Å². The highest BCUT2D eigenvalue weighted by molar-refractivity contribution is 5.67. The smallest absolute Gasteiger partial charge is 0.395 e. The molecular formula is C21H18O3. The lowest BCUT2D eigenvalue weighted by molar-refractivity contribution is 0.152. The Bertz CT molecular complexity index is 760. The van der Waals surface area contributed by atoms with Crippen LogP contribution in [0.2, 0.25) is 0 Å². The minimum atomic E-state index is -0.795. The number of hydrogen-bond donors (Lipinski definition) is 0. The zero-order chi connectivity index (χ0) is 17.2. The first-order chi connectivity index (χ1) is 11.7. The molecule has 0 radical (unpaired) electrons. The van der Waals surface area contributed by atoms with Crippen LogP contribution < -0.4 is 9.47 Å². The van der Waals surface area contributed by atoms with Gasteiger partial charge in [0, 0.05) is 24.0 Å². The Balaban J connectivity index is 2.03. The van der Waals surface area contributed by atoms with Gasteiger partial charge in [0.25, 0.3) is 0 Å². The lowest BCUT2D eigenvalue weighted by Crippen LogP contribution is -2.13. The molecule has 0 spiro atoms. The predicted octanol–water partition coefficient (Wildman–Crippen LogP) is 4.79. The van der Waals surface area contributed by atoms with E-state index in [1.807, 2.05) is 26.0 Å². The van der Waals surface area contributed by atoms with Gasteiger partial charge in [-0.15, -0.1) is 0 Å². The normalized spacial score (nSPS) is 9.08. The fourth-order valence-electron chi connectivity index (χ4n) is 1.87. The van der Waals surface area contributed by atoms with E-state index in [4.69, 9.17) is 9.47 Å². The van der Waals surface area contributed by atoms with Crippen molar-refractivity contribution in [3.8, 4) is 35.2 Å². The van der Waals surface area contributed by atoms with E-state index in [1.165, 1.54) is 0 Å². The van der Waals surface area contributed by atoms with Gasteiger partial charge in [-0.05, 0) is 36.4 Å². The second-order valence-electron chi connectivity index (χ2n) is 4.82. The fourth-order valence-corrected chi connectivity index (χ4v) is 1.87. The average Bonchev–Trinajstić information content (AvgIpc) is 2.58. The van der Waals surface area contributed by atoms with Crippen molar-refractivity contribution in [1.82, 2.24) is 0 Å². The highest BCUT2D eigenvalue weighted by Gasteiger charge is 2.08. The third kappa shape index (κ3) is 5.55. The molecule has 3 nitrogen and oxygen atoms in total. The van der Waals surface area contributed by atoms with Gasteiger partial charge < -0.3 is 9.47 Å². The van der Waals surface area contributed by atoms with Gasteiger partial charge in [0.15, 0.2) is 0 Å². The Kier molecular flexibility index (Phi) is 6.50. The van der Waals surface area contributed by atoms with E-state index in [1.54, 1.807) is 36.4 Å². The second-order valence-corrected chi connectivity index (χ2v) is 4.82. The summed E-state index contributed by atoms with van der Waals surface area (Å²) in [5.41, 5.74) is 1.58. The number of rotatable bonds is 2. The quantitative estimate of drug-likeness (QED) is 0.454. The minimum absolute atomic E-state index is 0.393. The zero-order valence-corrected chi connectivity index (χ0v) is 13.8. The van der Waals surface area contributed by atoms with Crippen LogP contribution in [-0.2, 0) is 0 Å². The van der Waals surface area contributed by atoms with Crippen molar-refractivity contribution >= 4 is 6.16 Å². The molecule has 0 fully saturated rings. The molecule has 0 atom stereocenters. The fraction of sp³-hybridized carbons (Fsp3) is 0.190. The van der Waals surface area contributed by atoms with E-state index >= 15 is 0 Å². The van der Waals surface area contributed by atoms with Crippen LogP contribution in [-0.4, -0.2) is 6.16 Å². The summed E-state index contributed by atoms with van der Waals surface area (Å²) in [6, 6.07) is 14.0. The number of carbonyl (C=O) groups is 1. The first kappa shape index (κ1) is 17.2. The molecule has 0 amide bonds. The van der Waals surface area contributed by atoms with Crippen LogP contribution in [0, 0.1) is 23.7 Å². The van der Waals surface area contributed by atoms with Crippen molar-refractivity contribution < 1.29 is 14.3 Å². The molecule has 2 aromatic carbocycles. The van der Waals surface area contributed by atoms with Gasteiger partial charge in [-0.3, -0.25) is 0 Å². The molecule has 0 heterocycles. The number of benzene rings is 2. The Morgan fingerprint density at radius 2 is 1.29 bits per heavy atom. The molecule has 2 aromatic rings. The molecule has 0 aliphatic carbocycles. The van der Waals surface area contributed by atoms with Gasteiger partial charge >= 0.3 is 6.16 Å². The summed E-state index contributed by atoms with van der Waals surface area (Å²) in [5.74, 6) is 12.7. The molecule has 24 heavy (non-hydrogen) atoms. The molecule has 120 valence electrons. The molecule has 0 N–H and O–H groups in total. The van der Waals surface area contributed by atoms with Crippen molar-refractivity contribution in [3.05, 3.63) is 59.7 Å². The highest BCUT2D eigenvalue weighted by Crippen LogP contribution is 2.16. The monoisotopic (exact) mass is 318 g/mol. The predicted molar refractivity (Wildman–Crippen MR) is 93.9 cm³/mol. The highest BCUT2D eigenvalue weighted by atomic mass is 16.7. The van der Waals surface area contributed by atoms with Crippen LogP contribution in [0.3, 0.4) is 0 Å². The molecule has 3 heteroatoms. The van der Waals surface area contributed by atoms with E-state index in [0.717, 1.165) is 24.0 Å². The van der Waals surface area contributed by atoms with Crippen LogP contribution in [0.25, 0.3) is 0 Å². The van der Waals surface area contributed by atoms with Crippen molar-refractivity contribution in [2.75, 3.05) is 0 Å². The Hall–Kier alpha value is -3.17. The number of hydrogen-bond acceptors (Lipinski definition) is 3. The standard InChI is InChI=1S/C21H18O3/c1-3-5-9-17-11-7-13-19(15-17)23-21(22)24-20-14-8-12-18(16-20)10-6-4-2/h7-8,11-16H,3-4H2,1-2H3. The molecular weight excluding hydrogens is 300 g/mol. The van der Waals surface area contributed by atoms with Gasteiger partial charge in [0.1, 0.15) is 11.5 Å². The maximum Gasteiger partial charge on any atom is 0.519 e. The van der Waals surface area contributed by atoms with Crippen LogP contribution in [0.1, 0.15) is 37.8 Å². The summed E-state index contributed by atoms with van der Waals surface area (Å²) >= 11 is 0. The van der Waals surface area contributed by atoms with Crippen molar-refractivity contribution in [3.63, 3.8) is 0 Å². The van der Waals surface area contributed by atoms with Gasteiger partial charge in [-0.1, -0.05) is 49.7 Å². The molecule has 0 aromatic heterocycles. The van der Waals surface area contributed by atoms with Crippen LogP contribution >= 0.6 is 0 Å². The maximum atomic E-state index is 11.9. The Morgan fingerprint density at radius 1 is 0.833 bits per heavy atom. The van der Waals surface area contributed by atoms with Gasteiger partial charge in [-0.25, -0.2) is 4.79 Å². The van der Waals surface area contributed by atoms with Crippen molar-refractivity contribution in [1.29, 1.82) is 0 Å². The van der Waals surface area contributed by atoms with Crippen LogP contribution in [0.5, 0.6) is 11.5 Å². The van der Waals surface area contributed by atoms with Gasteiger partial charge in [0.05, 0.1) is 0 Å². The summed E-state index contributed by atoms with van der Waals surface area (Å²) < 4.78 is 10.4. The van der Waals surface area contributed by atoms with Crippen molar-refractivity contribution in [2.24, 2.45) is 0 Å². The van der Waals surface area contributed by atoms with Crippen LogP contribution in [0.15, 0.2) is 48.5 Å². The maximum absolute atomic E-state index is 11.9. The third-order valence-corrected chi connectivity index (χ3v) is 2.89. The Morgan fingerprint density at radius 3 is 1.71 bits per heavy atom. The van der Waals surface area contributed by atoms with E-state index in [0.29, 0.717) is 11.5 Å². The summed E-state index contributed by atoms with van der Waals surface area (Å²) in [6.45, 7) is 3.95. The summed E-state index contributed by atoms with van der Waals surface area (Å²) in [7, 11) is 0. The zero-order valence-electron chi connectivity index (χ0n) is 13.8. The van der Waals surface area contributed by atoms with Crippen LogP contribution in [0.4, 0.5) is 4.79 Å². The molecule has 0 unspecified atom stereocenters. The van der Waals surface area contributed by atoms with Crippen molar-refractivity contribution in [2.45, 2.75) is 26.7 Å². The van der Waals surface area contributed by atoms with E-state index in [2.05, 4.69) is 23.7 Å². The third-order valence-electron chi connectivity index (χ3n) is 2.89. The summed E-state index contributed by atoms with van der Waals surface area (Å²) in [5, 5.41) is 0. The second kappa shape index (κ2) is 9.08. The van der Waals surface area contributed by atoms with Gasteiger partial charge in [0.2, 0.25) is 0 Å². The number of carbonyl (C=O) groups excluding carboxylic acids is 1. The van der Waals surface area contributed by atoms with E-state index in [9.17, 15) is 4.79 Å². The molecule has 0 saturated heterocycles. The lowest BCUT2D eigenvalue weighted by Gasteiger charge is -2.06. The topological polar surface area (TPSA) is 35.5 Å². The minimum Gasteiger partial charge on any atom is -0.395 e. The first-order valence-corrected chi connectivity index (χ1v) is 7.78. The average molecular weight is 318 g/mol. The summed E-state index contributed by atoms with van der Waals surface area (Å²) in [4.78, 5) is 11.9. The van der Waals surface area contributed by atoms with E-state index < -0.39 is 6.16 Å². The molecule has 2 rings (SSSR count). The largest absolute Gasteiger partial charge is 0.519 e. The molecule has 0 aliphatic heterocycles. The van der Waals surface area contributed by atoms with Gasteiger partial charge in [-0.2, -0.15) is 0 Å². The SMILES string of the molecule is CCC#Cc1cccc(OC(=O)Oc2cccc(C#CCC)c2)c1. The first-order valence-electron chi connectivity index (χ1n) is 7.78. The number of ether oxygens (including phenoxy) is 2.